The molecule has 3 N–H and O–H groups in total. The molecule has 0 bridgehead atoms. The molecular weight excluding hydrogens is 243 g/mol. The van der Waals surface area contributed by atoms with Crippen LogP contribution in [0.3, 0.4) is 0 Å². The van der Waals surface area contributed by atoms with Gasteiger partial charge in [0.15, 0.2) is 0 Å². The molecule has 0 saturated heterocycles. The van der Waals surface area contributed by atoms with Crippen LogP contribution in [0, 0.1) is 5.41 Å². The standard InChI is InChI=1S/C13H27BN2O3/c1-12(2,17)13(3,4)19-14-11(9-15)10-16-7-6-8-18-5/h9-10,14-17H,6-8H2,1-5H3/b11-10+,15-9?. The molecule has 0 radical (unpaired) electrons. The summed E-state index contributed by atoms with van der Waals surface area (Å²) < 4.78 is 10.6. The van der Waals surface area contributed by atoms with E-state index in [9.17, 15) is 5.11 Å². The topological polar surface area (TPSA) is 74.6 Å². The number of methoxy groups -OCH3 is 1. The van der Waals surface area contributed by atoms with Crippen molar-refractivity contribution in [3.8, 4) is 0 Å². The number of hydrogen-bond acceptors (Lipinski definition) is 5. The van der Waals surface area contributed by atoms with Crippen LogP contribution >= 0.6 is 0 Å². The van der Waals surface area contributed by atoms with Gasteiger partial charge in [0.05, 0.1) is 11.2 Å². The van der Waals surface area contributed by atoms with E-state index in [1.54, 1.807) is 27.2 Å². The van der Waals surface area contributed by atoms with Crippen molar-refractivity contribution in [3.63, 3.8) is 0 Å². The lowest BCUT2D eigenvalue weighted by Crippen LogP contribution is -2.48. The lowest BCUT2D eigenvalue weighted by Gasteiger charge is -2.37. The second-order valence-electron chi connectivity index (χ2n) is 5.52. The Balaban J connectivity index is 4.20. The van der Waals surface area contributed by atoms with Gasteiger partial charge >= 0.3 is 7.48 Å². The van der Waals surface area contributed by atoms with Gasteiger partial charge in [-0.1, -0.05) is 0 Å². The maximum atomic E-state index is 9.97. The first-order valence-corrected chi connectivity index (χ1v) is 6.53. The van der Waals surface area contributed by atoms with Gasteiger partial charge in [0, 0.05) is 26.5 Å². The van der Waals surface area contributed by atoms with Crippen molar-refractivity contribution in [1.82, 2.24) is 5.32 Å². The summed E-state index contributed by atoms with van der Waals surface area (Å²) in [6.45, 7) is 8.60. The number of allylic oxidation sites excluding steroid dienone is 1. The fourth-order valence-corrected chi connectivity index (χ4v) is 1.09. The second kappa shape index (κ2) is 8.35. The molecule has 110 valence electrons. The van der Waals surface area contributed by atoms with Crippen molar-refractivity contribution >= 4 is 13.7 Å². The van der Waals surface area contributed by atoms with Crippen LogP contribution in [0.1, 0.15) is 34.1 Å². The smallest absolute Gasteiger partial charge is 0.312 e. The van der Waals surface area contributed by atoms with Crippen LogP contribution < -0.4 is 5.32 Å². The first-order chi connectivity index (χ1) is 8.74. The maximum Gasteiger partial charge on any atom is 0.312 e. The van der Waals surface area contributed by atoms with E-state index >= 15 is 0 Å². The minimum absolute atomic E-state index is 0.289. The molecule has 0 aliphatic carbocycles. The van der Waals surface area contributed by atoms with Gasteiger partial charge in [-0.2, -0.15) is 0 Å². The Morgan fingerprint density at radius 1 is 1.37 bits per heavy atom. The quantitative estimate of drug-likeness (QED) is 0.315. The molecule has 0 aliphatic rings. The summed E-state index contributed by atoms with van der Waals surface area (Å²) in [4.78, 5) is 0. The summed E-state index contributed by atoms with van der Waals surface area (Å²) in [6, 6.07) is 0. The lowest BCUT2D eigenvalue weighted by atomic mass is 9.83. The molecule has 0 spiro atoms. The Morgan fingerprint density at radius 3 is 2.47 bits per heavy atom. The zero-order valence-electron chi connectivity index (χ0n) is 12.7. The molecule has 0 fully saturated rings. The van der Waals surface area contributed by atoms with Gasteiger partial charge in [0.2, 0.25) is 0 Å². The first-order valence-electron chi connectivity index (χ1n) is 6.53. The number of aliphatic hydroxyl groups is 1. The Morgan fingerprint density at radius 2 is 2.00 bits per heavy atom. The number of ether oxygens (including phenoxy) is 1. The van der Waals surface area contributed by atoms with Crippen LogP contribution in [0.15, 0.2) is 11.7 Å². The molecule has 5 nitrogen and oxygen atoms in total. The summed E-state index contributed by atoms with van der Waals surface area (Å²) in [7, 11) is 1.96. The van der Waals surface area contributed by atoms with Crippen LogP contribution in [0.5, 0.6) is 0 Å². The first kappa shape index (κ1) is 18.2. The van der Waals surface area contributed by atoms with Gasteiger partial charge in [-0.15, -0.1) is 0 Å². The van der Waals surface area contributed by atoms with Gasteiger partial charge in [-0.05, 0) is 45.8 Å². The third kappa shape index (κ3) is 7.35. The highest BCUT2D eigenvalue weighted by Gasteiger charge is 2.35. The monoisotopic (exact) mass is 270 g/mol. The van der Waals surface area contributed by atoms with Crippen molar-refractivity contribution < 1.29 is 14.5 Å². The highest BCUT2D eigenvalue weighted by atomic mass is 16.5. The van der Waals surface area contributed by atoms with E-state index in [0.29, 0.717) is 6.61 Å². The van der Waals surface area contributed by atoms with E-state index in [4.69, 9.17) is 14.8 Å². The van der Waals surface area contributed by atoms with Gasteiger partial charge in [0.1, 0.15) is 0 Å². The van der Waals surface area contributed by atoms with E-state index in [1.807, 2.05) is 13.8 Å². The summed E-state index contributed by atoms with van der Waals surface area (Å²) in [5, 5.41) is 20.4. The maximum absolute atomic E-state index is 9.97. The minimum Gasteiger partial charge on any atom is -0.427 e. The van der Waals surface area contributed by atoms with Crippen LogP contribution in [-0.4, -0.2) is 50.3 Å². The molecule has 6 heteroatoms. The third-order valence-corrected chi connectivity index (χ3v) is 3.22. The summed E-state index contributed by atoms with van der Waals surface area (Å²) in [6.07, 6.45) is 3.93. The molecule has 0 heterocycles. The molecule has 0 amide bonds. The van der Waals surface area contributed by atoms with Crippen LogP contribution in [-0.2, 0) is 9.39 Å². The molecule has 0 aromatic heterocycles. The zero-order chi connectivity index (χ0) is 14.9. The molecule has 19 heavy (non-hydrogen) atoms. The Kier molecular flexibility index (Phi) is 7.98. The molecular formula is C13H27BN2O3. The SMILES string of the molecule is COCCCN/C=C(/BOC(C)(C)C(C)(C)O)C=N. The highest BCUT2D eigenvalue weighted by molar-refractivity contribution is 6.45. The highest BCUT2D eigenvalue weighted by Crippen LogP contribution is 2.24. The predicted octanol–water partition coefficient (Wildman–Crippen LogP) is 1.02. The van der Waals surface area contributed by atoms with Gasteiger partial charge in [-0.3, -0.25) is 0 Å². The molecule has 0 aliphatic heterocycles. The van der Waals surface area contributed by atoms with Crippen LogP contribution in [0.25, 0.3) is 0 Å². The van der Waals surface area contributed by atoms with Crippen molar-refractivity contribution in [2.75, 3.05) is 20.3 Å². The van der Waals surface area contributed by atoms with E-state index in [1.165, 1.54) is 6.21 Å². The largest absolute Gasteiger partial charge is 0.427 e. The Bertz CT molecular complexity index is 299. The van der Waals surface area contributed by atoms with E-state index in [-0.39, 0.29) is 7.48 Å². The average Bonchev–Trinajstić information content (AvgIpc) is 2.31. The van der Waals surface area contributed by atoms with E-state index in [2.05, 4.69) is 5.32 Å². The number of rotatable bonds is 10. The summed E-state index contributed by atoms with van der Waals surface area (Å²) >= 11 is 0. The van der Waals surface area contributed by atoms with E-state index in [0.717, 1.165) is 18.4 Å². The Labute approximate surface area is 117 Å². The van der Waals surface area contributed by atoms with Crippen molar-refractivity contribution in [1.29, 1.82) is 5.41 Å². The molecule has 0 saturated carbocycles. The fraction of sp³-hybridized carbons (Fsp3) is 0.769. The molecule has 0 rings (SSSR count). The van der Waals surface area contributed by atoms with Crippen molar-refractivity contribution in [3.05, 3.63) is 11.7 Å². The second-order valence-corrected chi connectivity index (χ2v) is 5.52. The van der Waals surface area contributed by atoms with Crippen LogP contribution in [0.2, 0.25) is 0 Å². The number of hydrogen-bond donors (Lipinski definition) is 3. The summed E-state index contributed by atoms with van der Waals surface area (Å²) in [5.41, 5.74) is -0.883. The average molecular weight is 270 g/mol. The zero-order valence-corrected chi connectivity index (χ0v) is 12.7. The van der Waals surface area contributed by atoms with E-state index < -0.39 is 11.2 Å². The van der Waals surface area contributed by atoms with Crippen LogP contribution in [0.4, 0.5) is 0 Å². The fourth-order valence-electron chi connectivity index (χ4n) is 1.09. The normalized spacial score (nSPS) is 13.3. The summed E-state index contributed by atoms with van der Waals surface area (Å²) in [5.74, 6) is 0. The third-order valence-electron chi connectivity index (χ3n) is 3.22. The minimum atomic E-state index is -0.938. The van der Waals surface area contributed by atoms with Crippen molar-refractivity contribution in [2.24, 2.45) is 0 Å². The lowest BCUT2D eigenvalue weighted by molar-refractivity contribution is -0.0895. The van der Waals surface area contributed by atoms with Gasteiger partial charge in [0.25, 0.3) is 0 Å². The molecule has 0 aromatic carbocycles. The number of nitrogens with one attached hydrogen (secondary N) is 2. The Hall–Kier alpha value is -0.845. The molecule has 0 atom stereocenters. The molecule has 0 aromatic rings. The van der Waals surface area contributed by atoms with Gasteiger partial charge < -0.3 is 25.2 Å². The predicted molar refractivity (Wildman–Crippen MR) is 80.0 cm³/mol. The van der Waals surface area contributed by atoms with Gasteiger partial charge in [-0.25, -0.2) is 0 Å². The van der Waals surface area contributed by atoms with Crippen molar-refractivity contribution in [2.45, 2.75) is 45.3 Å². The molecule has 0 unspecified atom stereocenters.